The molecule has 2 heterocycles. The van der Waals surface area contributed by atoms with Gasteiger partial charge in [-0.05, 0) is 12.1 Å². The van der Waals surface area contributed by atoms with Gasteiger partial charge in [-0.25, -0.2) is 4.68 Å². The number of hydrogen-bond acceptors (Lipinski definition) is 6. The van der Waals surface area contributed by atoms with Gasteiger partial charge < -0.3 is 4.52 Å². The van der Waals surface area contributed by atoms with Crippen molar-refractivity contribution in [1.82, 2.24) is 30.8 Å². The van der Waals surface area contributed by atoms with Crippen LogP contribution in [-0.2, 0) is 11.2 Å². The van der Waals surface area contributed by atoms with Crippen LogP contribution in [0.1, 0.15) is 48.3 Å². The van der Waals surface area contributed by atoms with Gasteiger partial charge in [-0.2, -0.15) is 10.1 Å². The minimum atomic E-state index is -0.468. The number of hydrogen-bond donors (Lipinski definition) is 2. The highest BCUT2D eigenvalue weighted by atomic mass is 16.5. The average Bonchev–Trinajstić information content (AvgIpc) is 3.50. The monoisotopic (exact) mass is 444 g/mol. The Kier molecular flexibility index (Phi) is 6.58. The summed E-state index contributed by atoms with van der Waals surface area (Å²) in [5.74, 6) is 0.290. The van der Waals surface area contributed by atoms with Gasteiger partial charge in [0.2, 0.25) is 11.8 Å². The number of hydrazine groups is 1. The minimum Gasteiger partial charge on any atom is -0.339 e. The molecule has 0 unspecified atom stereocenters. The van der Waals surface area contributed by atoms with Crippen LogP contribution < -0.4 is 10.9 Å². The maximum Gasteiger partial charge on any atom is 0.273 e. The van der Waals surface area contributed by atoms with E-state index in [9.17, 15) is 9.59 Å². The van der Waals surface area contributed by atoms with Gasteiger partial charge in [-0.15, -0.1) is 0 Å². The van der Waals surface area contributed by atoms with Gasteiger partial charge in [-0.3, -0.25) is 20.4 Å². The van der Waals surface area contributed by atoms with Gasteiger partial charge in [0.25, 0.3) is 5.91 Å². The van der Waals surface area contributed by atoms with E-state index in [0.717, 1.165) is 11.3 Å². The molecule has 2 aromatic carbocycles. The molecule has 0 saturated heterocycles. The van der Waals surface area contributed by atoms with Crippen LogP contribution in [0.25, 0.3) is 16.9 Å². The van der Waals surface area contributed by atoms with Gasteiger partial charge in [0, 0.05) is 30.5 Å². The maximum absolute atomic E-state index is 12.9. The lowest BCUT2D eigenvalue weighted by molar-refractivity contribution is -0.121. The Balaban J connectivity index is 1.44. The summed E-state index contributed by atoms with van der Waals surface area (Å²) in [6, 6.07) is 18.9. The summed E-state index contributed by atoms with van der Waals surface area (Å²) >= 11 is 0. The number of amides is 2. The summed E-state index contributed by atoms with van der Waals surface area (Å²) in [6.07, 6.45) is 2.02. The van der Waals surface area contributed by atoms with Crippen molar-refractivity contribution in [2.75, 3.05) is 0 Å². The molecule has 0 spiro atoms. The summed E-state index contributed by atoms with van der Waals surface area (Å²) in [6.45, 7) is 3.92. The zero-order chi connectivity index (χ0) is 23.2. The van der Waals surface area contributed by atoms with E-state index in [2.05, 4.69) is 26.1 Å². The van der Waals surface area contributed by atoms with Crippen LogP contribution in [0, 0.1) is 0 Å². The van der Waals surface area contributed by atoms with Crippen molar-refractivity contribution in [3.8, 4) is 16.9 Å². The van der Waals surface area contributed by atoms with Crippen LogP contribution >= 0.6 is 0 Å². The second-order valence-corrected chi connectivity index (χ2v) is 7.74. The molecular formula is C24H24N6O3. The van der Waals surface area contributed by atoms with Crippen molar-refractivity contribution >= 4 is 11.8 Å². The van der Waals surface area contributed by atoms with Crippen LogP contribution in [-0.4, -0.2) is 31.7 Å². The lowest BCUT2D eigenvalue weighted by Crippen LogP contribution is -2.41. The van der Waals surface area contributed by atoms with Crippen molar-refractivity contribution in [2.45, 2.75) is 32.6 Å². The van der Waals surface area contributed by atoms with Gasteiger partial charge in [-0.1, -0.05) is 67.5 Å². The van der Waals surface area contributed by atoms with Crippen molar-refractivity contribution in [2.24, 2.45) is 0 Å². The van der Waals surface area contributed by atoms with E-state index in [0.29, 0.717) is 23.0 Å². The molecule has 9 heteroatoms. The van der Waals surface area contributed by atoms with E-state index in [4.69, 9.17) is 4.52 Å². The number of aromatic nitrogens is 4. The molecule has 0 radical (unpaired) electrons. The van der Waals surface area contributed by atoms with Gasteiger partial charge in [0.1, 0.15) is 5.69 Å². The lowest BCUT2D eigenvalue weighted by Gasteiger charge is -2.07. The summed E-state index contributed by atoms with van der Waals surface area (Å²) in [7, 11) is 0. The number of benzene rings is 2. The SMILES string of the molecule is CC(C)c1noc(CCC(=O)NNC(=O)c2cn(-c3ccccc3)nc2-c2ccccc2)n1. The Labute approximate surface area is 190 Å². The fraction of sp³-hybridized carbons (Fsp3) is 0.208. The van der Waals surface area contributed by atoms with Crippen molar-refractivity contribution < 1.29 is 14.1 Å². The summed E-state index contributed by atoms with van der Waals surface area (Å²) in [5, 5.41) is 8.48. The summed E-state index contributed by atoms with van der Waals surface area (Å²) in [5.41, 5.74) is 7.38. The van der Waals surface area contributed by atoms with E-state index in [-0.39, 0.29) is 24.7 Å². The zero-order valence-electron chi connectivity index (χ0n) is 18.4. The number of nitrogens with one attached hydrogen (secondary N) is 2. The van der Waals surface area contributed by atoms with E-state index in [1.807, 2.05) is 74.5 Å². The zero-order valence-corrected chi connectivity index (χ0v) is 18.4. The molecule has 0 aliphatic rings. The molecule has 0 bridgehead atoms. The van der Waals surface area contributed by atoms with E-state index in [1.54, 1.807) is 10.9 Å². The smallest absolute Gasteiger partial charge is 0.273 e. The Morgan fingerprint density at radius 2 is 1.70 bits per heavy atom. The van der Waals surface area contributed by atoms with Crippen LogP contribution in [0.15, 0.2) is 71.4 Å². The fourth-order valence-corrected chi connectivity index (χ4v) is 3.14. The molecule has 33 heavy (non-hydrogen) atoms. The lowest BCUT2D eigenvalue weighted by atomic mass is 10.1. The number of nitrogens with zero attached hydrogens (tertiary/aromatic N) is 4. The molecular weight excluding hydrogens is 420 g/mol. The van der Waals surface area contributed by atoms with Crippen molar-refractivity contribution in [1.29, 1.82) is 0 Å². The number of carbonyl (C=O) groups is 2. The molecule has 2 amide bonds. The molecule has 0 aliphatic carbocycles. The van der Waals surface area contributed by atoms with Crippen molar-refractivity contribution in [3.63, 3.8) is 0 Å². The third kappa shape index (κ3) is 5.32. The average molecular weight is 444 g/mol. The predicted molar refractivity (Wildman–Crippen MR) is 121 cm³/mol. The molecule has 0 aliphatic heterocycles. The Hall–Kier alpha value is -4.27. The standard InChI is InChI=1S/C24H24N6O3/c1-16(2)23-25-21(33-29-23)14-13-20(31)26-27-24(32)19-15-30(18-11-7-4-8-12-18)28-22(19)17-9-5-3-6-10-17/h3-12,15-16H,13-14H2,1-2H3,(H,26,31)(H,27,32). The van der Waals surface area contributed by atoms with E-state index >= 15 is 0 Å². The first-order chi connectivity index (χ1) is 16.0. The normalized spacial score (nSPS) is 10.9. The third-order valence-electron chi connectivity index (χ3n) is 4.91. The number of para-hydroxylation sites is 1. The highest BCUT2D eigenvalue weighted by Crippen LogP contribution is 2.23. The molecule has 2 aromatic heterocycles. The van der Waals surface area contributed by atoms with Gasteiger partial charge in [0.05, 0.1) is 11.3 Å². The third-order valence-corrected chi connectivity index (χ3v) is 4.91. The number of aryl methyl sites for hydroxylation is 1. The number of rotatable bonds is 7. The minimum absolute atomic E-state index is 0.0921. The molecule has 2 N–H and O–H groups in total. The molecule has 0 saturated carbocycles. The van der Waals surface area contributed by atoms with Gasteiger partial charge in [0.15, 0.2) is 5.82 Å². The van der Waals surface area contributed by atoms with Crippen LogP contribution in [0.2, 0.25) is 0 Å². The van der Waals surface area contributed by atoms with Gasteiger partial charge >= 0.3 is 0 Å². The second kappa shape index (κ2) is 9.90. The Bertz CT molecular complexity index is 1230. The van der Waals surface area contributed by atoms with E-state index < -0.39 is 5.91 Å². The summed E-state index contributed by atoms with van der Waals surface area (Å²) < 4.78 is 6.78. The largest absolute Gasteiger partial charge is 0.339 e. The molecule has 9 nitrogen and oxygen atoms in total. The quantitative estimate of drug-likeness (QED) is 0.422. The Morgan fingerprint density at radius 3 is 2.36 bits per heavy atom. The molecule has 168 valence electrons. The molecule has 4 aromatic rings. The highest BCUT2D eigenvalue weighted by molar-refractivity contribution is 6.00. The van der Waals surface area contributed by atoms with E-state index in [1.165, 1.54) is 0 Å². The maximum atomic E-state index is 12.9. The first-order valence-electron chi connectivity index (χ1n) is 10.6. The molecule has 0 atom stereocenters. The number of carbonyl (C=O) groups excluding carboxylic acids is 2. The highest BCUT2D eigenvalue weighted by Gasteiger charge is 2.19. The molecule has 0 fully saturated rings. The Morgan fingerprint density at radius 1 is 1.00 bits per heavy atom. The van der Waals surface area contributed by atoms with Crippen LogP contribution in [0.5, 0.6) is 0 Å². The topological polar surface area (TPSA) is 115 Å². The molecule has 4 rings (SSSR count). The first-order valence-corrected chi connectivity index (χ1v) is 10.6. The first kappa shape index (κ1) is 21.9. The summed E-state index contributed by atoms with van der Waals surface area (Å²) in [4.78, 5) is 29.4. The second-order valence-electron chi connectivity index (χ2n) is 7.74. The fourth-order valence-electron chi connectivity index (χ4n) is 3.14. The predicted octanol–water partition coefficient (Wildman–Crippen LogP) is 3.44. The van der Waals surface area contributed by atoms with Crippen molar-refractivity contribution in [3.05, 3.63) is 84.1 Å². The van der Waals surface area contributed by atoms with Crippen LogP contribution in [0.4, 0.5) is 0 Å². The van der Waals surface area contributed by atoms with Crippen LogP contribution in [0.3, 0.4) is 0 Å².